The third kappa shape index (κ3) is 4.03. The molecule has 1 fully saturated rings. The summed E-state index contributed by atoms with van der Waals surface area (Å²) in [5.74, 6) is -0.539. The number of carbonyl (C=O) groups excluding carboxylic acids is 2. The van der Waals surface area contributed by atoms with Gasteiger partial charge in [0.25, 0.3) is 0 Å². The van der Waals surface area contributed by atoms with Crippen LogP contribution in [-0.4, -0.2) is 55.1 Å². The van der Waals surface area contributed by atoms with Gasteiger partial charge in [-0.15, -0.1) is 0 Å². The van der Waals surface area contributed by atoms with Gasteiger partial charge in [0, 0.05) is 12.6 Å². The van der Waals surface area contributed by atoms with Crippen molar-refractivity contribution in [2.45, 2.75) is 53.2 Å². The second kappa shape index (κ2) is 7.18. The largest absolute Gasteiger partial charge is 0.465 e. The molecule has 116 valence electrons. The lowest BCUT2D eigenvalue weighted by Crippen LogP contribution is -2.52. The molecule has 1 saturated heterocycles. The van der Waals surface area contributed by atoms with Gasteiger partial charge in [0.05, 0.1) is 25.9 Å². The summed E-state index contributed by atoms with van der Waals surface area (Å²) in [5, 5.41) is 0. The highest BCUT2D eigenvalue weighted by Crippen LogP contribution is 2.22. The van der Waals surface area contributed by atoms with Gasteiger partial charge in [-0.2, -0.15) is 0 Å². The van der Waals surface area contributed by atoms with Gasteiger partial charge in [-0.1, -0.05) is 6.92 Å². The van der Waals surface area contributed by atoms with Crippen molar-refractivity contribution in [1.29, 1.82) is 0 Å². The Bertz CT molecular complexity index is 354. The molecule has 0 amide bonds. The van der Waals surface area contributed by atoms with Gasteiger partial charge < -0.3 is 9.47 Å². The van der Waals surface area contributed by atoms with E-state index in [0.29, 0.717) is 13.2 Å². The monoisotopic (exact) mass is 285 g/mol. The maximum atomic E-state index is 12.4. The average Bonchev–Trinajstić information content (AvgIpc) is 2.39. The van der Waals surface area contributed by atoms with Gasteiger partial charge in [-0.05, 0) is 34.1 Å². The van der Waals surface area contributed by atoms with Crippen LogP contribution >= 0.6 is 0 Å². The van der Waals surface area contributed by atoms with Crippen molar-refractivity contribution in [2.75, 3.05) is 26.3 Å². The molecule has 0 aliphatic carbocycles. The number of ketones is 1. The lowest BCUT2D eigenvalue weighted by molar-refractivity contribution is -0.159. The van der Waals surface area contributed by atoms with E-state index in [4.69, 9.17) is 9.47 Å². The molecular weight excluding hydrogens is 258 g/mol. The average molecular weight is 285 g/mol. The van der Waals surface area contributed by atoms with Gasteiger partial charge in [0.1, 0.15) is 5.41 Å². The highest BCUT2D eigenvalue weighted by molar-refractivity contribution is 6.03. The Hall–Kier alpha value is -0.940. The first-order chi connectivity index (χ1) is 9.32. The smallest absolute Gasteiger partial charge is 0.319 e. The Morgan fingerprint density at radius 3 is 2.55 bits per heavy atom. The minimum Gasteiger partial charge on any atom is -0.465 e. The standard InChI is InChI=1S/C15H27NO4/c1-6-12-10-20-11(3)8-16(12)9-13(17)15(4,5)14(18)19-7-2/h11-12H,6-10H2,1-5H3. The van der Waals surface area contributed by atoms with Crippen LogP contribution in [0.25, 0.3) is 0 Å². The van der Waals surface area contributed by atoms with Crippen LogP contribution in [0.5, 0.6) is 0 Å². The van der Waals surface area contributed by atoms with Crippen molar-refractivity contribution < 1.29 is 19.1 Å². The number of ether oxygens (including phenoxy) is 2. The summed E-state index contributed by atoms with van der Waals surface area (Å²) in [5.41, 5.74) is -1.09. The van der Waals surface area contributed by atoms with E-state index >= 15 is 0 Å². The second-order valence-electron chi connectivity index (χ2n) is 5.90. The molecule has 0 aromatic rings. The van der Waals surface area contributed by atoms with Crippen LogP contribution in [0.4, 0.5) is 0 Å². The van der Waals surface area contributed by atoms with Crippen molar-refractivity contribution in [1.82, 2.24) is 4.90 Å². The molecule has 0 radical (unpaired) electrons. The Kier molecular flexibility index (Phi) is 6.14. The van der Waals surface area contributed by atoms with Crippen molar-refractivity contribution >= 4 is 11.8 Å². The summed E-state index contributed by atoms with van der Waals surface area (Å²) < 4.78 is 10.6. The minimum atomic E-state index is -1.09. The van der Waals surface area contributed by atoms with E-state index in [9.17, 15) is 9.59 Å². The Labute approximate surface area is 121 Å². The fourth-order valence-corrected chi connectivity index (χ4v) is 2.29. The fraction of sp³-hybridized carbons (Fsp3) is 0.867. The predicted octanol–water partition coefficient (Wildman–Crippen LogP) is 1.64. The third-order valence-corrected chi connectivity index (χ3v) is 3.88. The summed E-state index contributed by atoms with van der Waals surface area (Å²) in [7, 11) is 0. The first-order valence-electron chi connectivity index (χ1n) is 7.39. The van der Waals surface area contributed by atoms with Crippen LogP contribution in [-0.2, 0) is 19.1 Å². The van der Waals surface area contributed by atoms with E-state index in [1.807, 2.05) is 6.92 Å². The normalized spacial score (nSPS) is 24.4. The summed E-state index contributed by atoms with van der Waals surface area (Å²) >= 11 is 0. The summed E-state index contributed by atoms with van der Waals surface area (Å²) in [6.07, 6.45) is 1.05. The minimum absolute atomic E-state index is 0.0940. The first kappa shape index (κ1) is 17.1. The molecule has 0 spiro atoms. The Morgan fingerprint density at radius 1 is 1.35 bits per heavy atom. The molecule has 0 aromatic heterocycles. The van der Waals surface area contributed by atoms with Crippen LogP contribution in [0.2, 0.25) is 0 Å². The molecule has 0 N–H and O–H groups in total. The molecule has 0 bridgehead atoms. The molecule has 1 rings (SSSR count). The van der Waals surface area contributed by atoms with E-state index in [-0.39, 0.29) is 24.5 Å². The maximum absolute atomic E-state index is 12.4. The number of morpholine rings is 1. The molecule has 2 atom stereocenters. The first-order valence-corrected chi connectivity index (χ1v) is 7.39. The molecule has 0 saturated carbocycles. The van der Waals surface area contributed by atoms with Gasteiger partial charge >= 0.3 is 5.97 Å². The summed E-state index contributed by atoms with van der Waals surface area (Å²) in [6, 6.07) is 0.244. The van der Waals surface area contributed by atoms with Crippen LogP contribution < -0.4 is 0 Å². The number of hydrogen-bond acceptors (Lipinski definition) is 5. The lowest BCUT2D eigenvalue weighted by Gasteiger charge is -2.38. The lowest BCUT2D eigenvalue weighted by atomic mass is 9.87. The zero-order valence-electron chi connectivity index (χ0n) is 13.3. The molecule has 20 heavy (non-hydrogen) atoms. The molecule has 5 heteroatoms. The number of rotatable bonds is 6. The maximum Gasteiger partial charge on any atom is 0.319 e. The number of Topliss-reactive ketones (excluding diaryl/α,β-unsaturated/α-hetero) is 1. The third-order valence-electron chi connectivity index (χ3n) is 3.88. The number of nitrogens with zero attached hydrogens (tertiary/aromatic N) is 1. The highest BCUT2D eigenvalue weighted by atomic mass is 16.5. The van der Waals surface area contributed by atoms with Crippen LogP contribution in [0.3, 0.4) is 0 Å². The molecule has 0 aromatic carbocycles. The Morgan fingerprint density at radius 2 is 2.00 bits per heavy atom. The molecule has 1 aliphatic heterocycles. The van der Waals surface area contributed by atoms with Crippen LogP contribution in [0.1, 0.15) is 41.0 Å². The fourth-order valence-electron chi connectivity index (χ4n) is 2.29. The van der Waals surface area contributed by atoms with Crippen molar-refractivity contribution in [3.05, 3.63) is 0 Å². The topological polar surface area (TPSA) is 55.8 Å². The van der Waals surface area contributed by atoms with Crippen molar-refractivity contribution in [3.8, 4) is 0 Å². The number of esters is 1. The molecule has 2 unspecified atom stereocenters. The van der Waals surface area contributed by atoms with Gasteiger partial charge in [0.2, 0.25) is 0 Å². The van der Waals surface area contributed by atoms with E-state index in [1.54, 1.807) is 20.8 Å². The van der Waals surface area contributed by atoms with Crippen LogP contribution in [0.15, 0.2) is 0 Å². The molecule has 1 aliphatic rings. The zero-order chi connectivity index (χ0) is 15.3. The number of hydrogen-bond donors (Lipinski definition) is 0. The summed E-state index contributed by atoms with van der Waals surface area (Å²) in [6.45, 7) is 11.0. The van der Waals surface area contributed by atoms with Gasteiger partial charge in [0.15, 0.2) is 5.78 Å². The second-order valence-corrected chi connectivity index (χ2v) is 5.90. The van der Waals surface area contributed by atoms with E-state index in [1.165, 1.54) is 0 Å². The van der Waals surface area contributed by atoms with Gasteiger partial charge in [-0.3, -0.25) is 14.5 Å². The predicted molar refractivity (Wildman–Crippen MR) is 76.5 cm³/mol. The summed E-state index contributed by atoms with van der Waals surface area (Å²) in [4.78, 5) is 26.4. The number of carbonyl (C=O) groups is 2. The van der Waals surface area contributed by atoms with E-state index < -0.39 is 11.4 Å². The molecular formula is C15H27NO4. The van der Waals surface area contributed by atoms with Crippen LogP contribution in [0, 0.1) is 5.41 Å². The SMILES string of the molecule is CCOC(=O)C(C)(C)C(=O)CN1CC(C)OCC1CC. The highest BCUT2D eigenvalue weighted by Gasteiger charge is 2.39. The van der Waals surface area contributed by atoms with Crippen molar-refractivity contribution in [3.63, 3.8) is 0 Å². The van der Waals surface area contributed by atoms with E-state index in [2.05, 4.69) is 11.8 Å². The van der Waals surface area contributed by atoms with Gasteiger partial charge in [-0.25, -0.2) is 0 Å². The molecule has 1 heterocycles. The molecule has 5 nitrogen and oxygen atoms in total. The van der Waals surface area contributed by atoms with Crippen molar-refractivity contribution in [2.24, 2.45) is 5.41 Å². The quantitative estimate of drug-likeness (QED) is 0.548. The Balaban J connectivity index is 2.69. The van der Waals surface area contributed by atoms with E-state index in [0.717, 1.165) is 13.0 Å². The zero-order valence-corrected chi connectivity index (χ0v) is 13.3.